The first-order valence-electron chi connectivity index (χ1n) is 21.4. The number of nitrogens with zero attached hydrogens (tertiary/aromatic N) is 1. The van der Waals surface area contributed by atoms with Crippen molar-refractivity contribution in [3.8, 4) is 34.5 Å². The zero-order chi connectivity index (χ0) is 41.2. The van der Waals surface area contributed by atoms with E-state index >= 15 is 0 Å². The number of fused-ring (bicyclic) bond motifs is 4. The molecule has 2 aliphatic heterocycles. The van der Waals surface area contributed by atoms with E-state index < -0.39 is 0 Å². The van der Waals surface area contributed by atoms with Crippen LogP contribution in [0.25, 0.3) is 0 Å². The molecule has 8 rings (SSSR count). The van der Waals surface area contributed by atoms with Gasteiger partial charge in [0.25, 0.3) is 0 Å². The smallest absolute Gasteiger partial charge is 0.151 e. The predicted octanol–water partition coefficient (Wildman–Crippen LogP) is 16.4. The molecule has 7 heteroatoms. The molecule has 6 aromatic rings. The van der Waals surface area contributed by atoms with Gasteiger partial charge in [0, 0.05) is 10.2 Å². The summed E-state index contributed by atoms with van der Waals surface area (Å²) in [6.45, 7) is 10.6. The van der Waals surface area contributed by atoms with E-state index in [9.17, 15) is 0 Å². The topological polar surface area (TPSA) is 52.2 Å². The van der Waals surface area contributed by atoms with Crippen molar-refractivity contribution in [3.63, 3.8) is 0 Å². The van der Waals surface area contributed by atoms with Gasteiger partial charge in [0.1, 0.15) is 11.5 Å². The molecule has 2 unspecified atom stereocenters. The Morgan fingerprint density at radius 1 is 0.508 bits per heavy atom. The van der Waals surface area contributed by atoms with Crippen molar-refractivity contribution in [2.75, 3.05) is 23.4 Å². The van der Waals surface area contributed by atoms with Crippen molar-refractivity contribution in [3.05, 3.63) is 150 Å². The number of anilines is 5. The van der Waals surface area contributed by atoms with Crippen molar-refractivity contribution in [2.45, 2.75) is 79.1 Å². The molecule has 6 nitrogen and oxygen atoms in total. The highest BCUT2D eigenvalue weighted by Crippen LogP contribution is 2.50. The van der Waals surface area contributed by atoms with Gasteiger partial charge in [-0.15, -0.1) is 0 Å². The first-order chi connectivity index (χ1) is 29.0. The number of unbranched alkanes of at least 4 members (excludes halogenated alkanes) is 2. The zero-order valence-electron chi connectivity index (χ0n) is 35.0. The van der Waals surface area contributed by atoms with Crippen molar-refractivity contribution >= 4 is 44.4 Å². The van der Waals surface area contributed by atoms with Crippen LogP contribution in [0, 0.1) is 11.8 Å². The van der Waals surface area contributed by atoms with Crippen LogP contribution < -0.4 is 29.2 Å². The van der Waals surface area contributed by atoms with Crippen LogP contribution in [0.15, 0.2) is 150 Å². The summed E-state index contributed by atoms with van der Waals surface area (Å²) >= 11 is 3.42. The summed E-state index contributed by atoms with van der Waals surface area (Å²) in [5, 5.41) is 3.32. The average molecular weight is 856 g/mol. The quantitative estimate of drug-likeness (QED) is 0.111. The van der Waals surface area contributed by atoms with Gasteiger partial charge in [-0.3, -0.25) is 0 Å². The van der Waals surface area contributed by atoms with Gasteiger partial charge in [-0.2, -0.15) is 0 Å². The molecule has 2 aliphatic rings. The van der Waals surface area contributed by atoms with E-state index in [0.29, 0.717) is 11.8 Å². The number of benzene rings is 6. The number of nitrogens with one attached hydrogen (secondary N) is 1. The summed E-state index contributed by atoms with van der Waals surface area (Å²) in [5.74, 6) is 6.73. The van der Waals surface area contributed by atoms with Gasteiger partial charge in [-0.05, 0) is 122 Å². The van der Waals surface area contributed by atoms with Crippen LogP contribution in [-0.2, 0) is 0 Å². The molecule has 308 valence electrons. The highest BCUT2D eigenvalue weighted by atomic mass is 79.9. The molecular weight excluding hydrogens is 796 g/mol. The van der Waals surface area contributed by atoms with Crippen molar-refractivity contribution in [2.24, 2.45) is 11.8 Å². The van der Waals surface area contributed by atoms with E-state index in [4.69, 9.17) is 18.9 Å². The van der Waals surface area contributed by atoms with Crippen LogP contribution >= 0.6 is 15.9 Å². The fourth-order valence-corrected chi connectivity index (χ4v) is 7.28. The minimum Gasteiger partial charge on any atom is -0.493 e. The Morgan fingerprint density at radius 2 is 0.915 bits per heavy atom. The fraction of sp³-hybridized carbons (Fsp3) is 0.308. The summed E-state index contributed by atoms with van der Waals surface area (Å²) < 4.78 is 24.8. The lowest BCUT2D eigenvalue weighted by atomic mass is 10.0. The van der Waals surface area contributed by atoms with Gasteiger partial charge in [0.05, 0.1) is 36.0 Å². The van der Waals surface area contributed by atoms with Crippen LogP contribution in [0.1, 0.15) is 79.1 Å². The van der Waals surface area contributed by atoms with Crippen molar-refractivity contribution < 1.29 is 18.9 Å². The van der Waals surface area contributed by atoms with Crippen LogP contribution in [-0.4, -0.2) is 13.2 Å². The van der Waals surface area contributed by atoms with Crippen molar-refractivity contribution in [1.82, 2.24) is 0 Å². The van der Waals surface area contributed by atoms with Gasteiger partial charge in [0.15, 0.2) is 23.0 Å². The third-order valence-electron chi connectivity index (χ3n) is 10.7. The van der Waals surface area contributed by atoms with Gasteiger partial charge in [-0.25, -0.2) is 0 Å². The summed E-state index contributed by atoms with van der Waals surface area (Å²) in [4.78, 5) is 2.24. The highest BCUT2D eigenvalue weighted by Gasteiger charge is 2.25. The largest absolute Gasteiger partial charge is 0.493 e. The van der Waals surface area contributed by atoms with E-state index in [2.05, 4.69) is 90.2 Å². The molecule has 0 spiro atoms. The van der Waals surface area contributed by atoms with E-state index in [-0.39, 0.29) is 0 Å². The van der Waals surface area contributed by atoms with Gasteiger partial charge < -0.3 is 29.2 Å². The maximum Gasteiger partial charge on any atom is 0.151 e. The Bertz CT molecular complexity index is 2020. The number of para-hydroxylation sites is 8. The summed E-state index contributed by atoms with van der Waals surface area (Å²) in [6, 6.07) is 48.6. The Morgan fingerprint density at radius 3 is 1.37 bits per heavy atom. The maximum atomic E-state index is 6.10. The Kier molecular flexibility index (Phi) is 16.6. The number of hydrogen-bond acceptors (Lipinski definition) is 6. The molecule has 1 N–H and O–H groups in total. The van der Waals surface area contributed by atoms with Gasteiger partial charge >= 0.3 is 0 Å². The second-order valence-electron chi connectivity index (χ2n) is 15.0. The highest BCUT2D eigenvalue weighted by molar-refractivity contribution is 9.10. The second kappa shape index (κ2) is 22.7. The van der Waals surface area contributed by atoms with E-state index in [1.807, 2.05) is 109 Å². The second-order valence-corrected chi connectivity index (χ2v) is 15.9. The minimum absolute atomic E-state index is 0.632. The molecule has 0 fully saturated rings. The molecule has 2 heterocycles. The lowest BCUT2D eigenvalue weighted by Gasteiger charge is -2.32. The molecule has 0 saturated heterocycles. The Hall–Kier alpha value is -5.40. The molecule has 0 amide bonds. The van der Waals surface area contributed by atoms with Crippen LogP contribution in [0.4, 0.5) is 28.4 Å². The molecule has 0 saturated carbocycles. The van der Waals surface area contributed by atoms with Crippen molar-refractivity contribution in [1.29, 1.82) is 0 Å². The zero-order valence-corrected chi connectivity index (χ0v) is 36.6. The Labute approximate surface area is 360 Å². The average Bonchev–Trinajstić information content (AvgIpc) is 3.29. The maximum absolute atomic E-state index is 6.10. The number of rotatable bonds is 15. The summed E-state index contributed by atoms with van der Waals surface area (Å²) in [6.07, 6.45) is 9.99. The lowest BCUT2D eigenvalue weighted by Crippen LogP contribution is -2.15. The minimum atomic E-state index is 0.632. The van der Waals surface area contributed by atoms with E-state index in [0.717, 1.165) is 80.6 Å². The molecule has 0 bridgehead atoms. The third-order valence-corrected chi connectivity index (χ3v) is 11.2. The van der Waals surface area contributed by atoms with E-state index in [1.165, 1.54) is 51.4 Å². The predicted molar refractivity (Wildman–Crippen MR) is 249 cm³/mol. The molecule has 59 heavy (non-hydrogen) atoms. The number of halogens is 1. The van der Waals surface area contributed by atoms with E-state index in [1.54, 1.807) is 0 Å². The molecule has 0 aromatic heterocycles. The molecule has 6 aromatic carbocycles. The third kappa shape index (κ3) is 12.3. The normalized spacial score (nSPS) is 12.7. The Balaban J connectivity index is 0.000000164. The monoisotopic (exact) mass is 854 g/mol. The summed E-state index contributed by atoms with van der Waals surface area (Å²) in [7, 11) is 0. The van der Waals surface area contributed by atoms with Crippen LogP contribution in [0.5, 0.6) is 34.5 Å². The summed E-state index contributed by atoms with van der Waals surface area (Å²) in [5.41, 5.74) is 5.23. The first-order valence-corrected chi connectivity index (χ1v) is 22.2. The number of ether oxygens (including phenoxy) is 4. The molecule has 2 atom stereocenters. The first kappa shape index (κ1) is 43.2. The number of hydrogen-bond donors (Lipinski definition) is 1. The molecular formula is C52H59BrN2O4. The molecule has 0 aliphatic carbocycles. The van der Waals surface area contributed by atoms with Crippen LogP contribution in [0.2, 0.25) is 0 Å². The van der Waals surface area contributed by atoms with Gasteiger partial charge in [-0.1, -0.05) is 131 Å². The fourth-order valence-electron chi connectivity index (χ4n) is 7.01. The van der Waals surface area contributed by atoms with Gasteiger partial charge in [0.2, 0.25) is 0 Å². The standard InChI is InChI=1S/C26H29NO2.C14H21BrO.C12H9NO/c1-3-5-10-20(4-2)19-28-22-17-15-21(16-18-22)27-23-11-6-8-13-25(23)29-26-14-9-7-12-24(26)27;1-3-5-6-12(4-2)11-16-14-9-7-13(15)8-10-14;1-3-7-11-9(5-1)13-10-6-2-4-8-12(10)14-11/h6-9,11-18,20H,3-5,10,19H2,1-2H3;7-10,12H,3-6,11H2,1-2H3;1-8,13H. The van der Waals surface area contributed by atoms with Crippen LogP contribution in [0.3, 0.4) is 0 Å². The SMILES string of the molecule is CCCCC(CC)COc1ccc(Br)cc1.CCCCC(CC)COc1ccc(N2c3ccccc3Oc3ccccc32)cc1.c1ccc2c(c1)Nc1ccccc1O2. The molecule has 0 radical (unpaired) electrons. The lowest BCUT2D eigenvalue weighted by molar-refractivity contribution is 0.233.